The van der Waals surface area contributed by atoms with E-state index in [0.717, 1.165) is 11.3 Å². The average Bonchev–Trinajstić information content (AvgIpc) is 3.07. The number of nitrogens with zero attached hydrogens (tertiary/aromatic N) is 2. The molecule has 2 aromatic carbocycles. The Morgan fingerprint density at radius 3 is 2.54 bits per heavy atom. The van der Waals surface area contributed by atoms with Gasteiger partial charge in [0.1, 0.15) is 0 Å². The lowest BCUT2D eigenvalue weighted by atomic mass is 10.0. The number of ether oxygens (including phenoxy) is 1. The van der Waals surface area contributed by atoms with Crippen molar-refractivity contribution in [2.45, 2.75) is 13.8 Å². The molecule has 3 rings (SSSR count). The summed E-state index contributed by atoms with van der Waals surface area (Å²) >= 11 is 5.88. The van der Waals surface area contributed by atoms with Gasteiger partial charge in [0.2, 0.25) is 0 Å². The first kappa shape index (κ1) is 17.9. The lowest BCUT2D eigenvalue weighted by molar-refractivity contribution is 0.0516. The fourth-order valence-electron chi connectivity index (χ4n) is 2.55. The zero-order valence-corrected chi connectivity index (χ0v) is 15.2. The van der Waals surface area contributed by atoms with Crippen molar-refractivity contribution < 1.29 is 14.3 Å². The van der Waals surface area contributed by atoms with Crippen molar-refractivity contribution >= 4 is 23.4 Å². The Morgan fingerprint density at radius 2 is 1.88 bits per heavy atom. The molecule has 0 amide bonds. The fourth-order valence-corrected chi connectivity index (χ4v) is 2.68. The highest BCUT2D eigenvalue weighted by atomic mass is 35.5. The van der Waals surface area contributed by atoms with E-state index in [1.807, 2.05) is 31.2 Å². The lowest BCUT2D eigenvalue weighted by Crippen LogP contribution is -2.12. The summed E-state index contributed by atoms with van der Waals surface area (Å²) in [5, 5.41) is 4.83. The van der Waals surface area contributed by atoms with Crippen LogP contribution in [0.25, 0.3) is 5.69 Å². The molecule has 0 atom stereocenters. The summed E-state index contributed by atoms with van der Waals surface area (Å²) in [5.41, 5.74) is 2.40. The van der Waals surface area contributed by atoms with Gasteiger partial charge in [0, 0.05) is 16.8 Å². The maximum Gasteiger partial charge on any atom is 0.359 e. The maximum absolute atomic E-state index is 12.9. The van der Waals surface area contributed by atoms with E-state index in [1.54, 1.807) is 37.4 Å². The molecule has 0 saturated heterocycles. The molecule has 0 N–H and O–H groups in total. The van der Waals surface area contributed by atoms with Gasteiger partial charge in [-0.25, -0.2) is 9.48 Å². The molecule has 1 heterocycles. The second-order valence-electron chi connectivity index (χ2n) is 5.73. The second-order valence-corrected chi connectivity index (χ2v) is 6.17. The van der Waals surface area contributed by atoms with Crippen LogP contribution in [0.15, 0.2) is 54.7 Å². The van der Waals surface area contributed by atoms with Crippen molar-refractivity contribution in [1.82, 2.24) is 9.78 Å². The Bertz CT molecular complexity index is 961. The Hall–Kier alpha value is -2.92. The molecule has 132 valence electrons. The van der Waals surface area contributed by atoms with Crippen LogP contribution >= 0.6 is 11.6 Å². The third-order valence-corrected chi connectivity index (χ3v) is 4.05. The van der Waals surface area contributed by atoms with Crippen molar-refractivity contribution in [2.75, 3.05) is 6.61 Å². The number of hydrogen-bond acceptors (Lipinski definition) is 4. The zero-order valence-electron chi connectivity index (χ0n) is 14.4. The number of ketones is 1. The van der Waals surface area contributed by atoms with Crippen LogP contribution in [-0.2, 0) is 4.74 Å². The first-order valence-corrected chi connectivity index (χ1v) is 8.51. The molecule has 0 fully saturated rings. The number of esters is 1. The maximum atomic E-state index is 12.9. The number of aryl methyl sites for hydroxylation is 1. The van der Waals surface area contributed by atoms with E-state index in [1.165, 1.54) is 4.68 Å². The van der Waals surface area contributed by atoms with Crippen LogP contribution in [0.1, 0.15) is 38.9 Å². The largest absolute Gasteiger partial charge is 0.461 e. The van der Waals surface area contributed by atoms with Gasteiger partial charge in [0.05, 0.1) is 17.9 Å². The van der Waals surface area contributed by atoms with Crippen LogP contribution in [0.4, 0.5) is 0 Å². The van der Waals surface area contributed by atoms with Gasteiger partial charge in [-0.2, -0.15) is 5.10 Å². The summed E-state index contributed by atoms with van der Waals surface area (Å²) < 4.78 is 6.57. The number of halogens is 1. The van der Waals surface area contributed by atoms with E-state index in [4.69, 9.17) is 16.3 Å². The average molecular weight is 369 g/mol. The van der Waals surface area contributed by atoms with E-state index in [9.17, 15) is 9.59 Å². The van der Waals surface area contributed by atoms with Crippen molar-refractivity contribution in [1.29, 1.82) is 0 Å². The number of aromatic nitrogens is 2. The minimum atomic E-state index is -0.629. The Labute approximate surface area is 156 Å². The molecular weight excluding hydrogens is 352 g/mol. The van der Waals surface area contributed by atoms with Crippen molar-refractivity contribution in [3.63, 3.8) is 0 Å². The van der Waals surface area contributed by atoms with Crippen LogP contribution in [0.5, 0.6) is 0 Å². The highest BCUT2D eigenvalue weighted by Crippen LogP contribution is 2.19. The van der Waals surface area contributed by atoms with Gasteiger partial charge in [0.25, 0.3) is 0 Å². The van der Waals surface area contributed by atoms with E-state index in [-0.39, 0.29) is 23.6 Å². The smallest absolute Gasteiger partial charge is 0.359 e. The first-order chi connectivity index (χ1) is 12.5. The molecule has 3 aromatic rings. The highest BCUT2D eigenvalue weighted by Gasteiger charge is 2.24. The number of carbonyl (C=O) groups excluding carboxylic acids is 2. The molecular formula is C20H17ClN2O3. The molecule has 5 nitrogen and oxygen atoms in total. The van der Waals surface area contributed by atoms with Crippen molar-refractivity contribution in [3.8, 4) is 5.69 Å². The Kier molecular flexibility index (Phi) is 5.19. The third-order valence-electron chi connectivity index (χ3n) is 3.80. The summed E-state index contributed by atoms with van der Waals surface area (Å²) in [6.07, 6.45) is 1.55. The fraction of sp³-hybridized carbons (Fsp3) is 0.150. The SMILES string of the molecule is CCOC(=O)c1nn(-c2cccc(C)c2)cc1C(=O)c1ccc(Cl)cc1. The van der Waals surface area contributed by atoms with Crippen LogP contribution in [-0.4, -0.2) is 28.1 Å². The monoisotopic (exact) mass is 368 g/mol. The summed E-state index contributed by atoms with van der Waals surface area (Å²) in [4.78, 5) is 25.2. The lowest BCUT2D eigenvalue weighted by Gasteiger charge is -2.02. The number of benzene rings is 2. The van der Waals surface area contributed by atoms with Gasteiger partial charge in [-0.05, 0) is 55.8 Å². The second kappa shape index (κ2) is 7.54. The number of carbonyl (C=O) groups is 2. The minimum Gasteiger partial charge on any atom is -0.461 e. The van der Waals surface area contributed by atoms with Gasteiger partial charge in [-0.15, -0.1) is 0 Å². The molecule has 26 heavy (non-hydrogen) atoms. The summed E-state index contributed by atoms with van der Waals surface area (Å²) in [6.45, 7) is 3.86. The van der Waals surface area contributed by atoms with E-state index in [2.05, 4.69) is 5.10 Å². The normalized spacial score (nSPS) is 10.6. The van der Waals surface area contributed by atoms with Gasteiger partial charge in [-0.1, -0.05) is 23.7 Å². The Morgan fingerprint density at radius 1 is 1.15 bits per heavy atom. The Balaban J connectivity index is 2.08. The van der Waals surface area contributed by atoms with Crippen LogP contribution in [0.3, 0.4) is 0 Å². The van der Waals surface area contributed by atoms with Gasteiger partial charge >= 0.3 is 5.97 Å². The topological polar surface area (TPSA) is 61.2 Å². The minimum absolute atomic E-state index is 0.00620. The molecule has 0 radical (unpaired) electrons. The molecule has 1 aromatic heterocycles. The van der Waals surface area contributed by atoms with Gasteiger partial charge in [0.15, 0.2) is 11.5 Å². The summed E-state index contributed by atoms with van der Waals surface area (Å²) in [7, 11) is 0. The number of hydrogen-bond donors (Lipinski definition) is 0. The predicted molar refractivity (Wildman–Crippen MR) is 99.1 cm³/mol. The van der Waals surface area contributed by atoms with Crippen molar-refractivity contribution in [3.05, 3.63) is 82.1 Å². The van der Waals surface area contributed by atoms with Crippen molar-refractivity contribution in [2.24, 2.45) is 0 Å². The first-order valence-electron chi connectivity index (χ1n) is 8.13. The predicted octanol–water partition coefficient (Wildman–Crippen LogP) is 4.24. The standard InChI is InChI=1S/C20H17ClN2O3/c1-3-26-20(25)18-17(19(24)14-7-9-15(21)10-8-14)12-23(22-18)16-6-4-5-13(2)11-16/h4-12H,3H2,1-2H3. The molecule has 0 spiro atoms. The molecule has 0 aliphatic heterocycles. The molecule has 0 aliphatic carbocycles. The molecule has 0 unspecified atom stereocenters. The quantitative estimate of drug-likeness (QED) is 0.499. The molecule has 0 bridgehead atoms. The van der Waals surface area contributed by atoms with Crippen LogP contribution < -0.4 is 0 Å². The highest BCUT2D eigenvalue weighted by molar-refractivity contribution is 6.30. The van der Waals surface area contributed by atoms with E-state index >= 15 is 0 Å². The zero-order chi connectivity index (χ0) is 18.7. The van der Waals surface area contributed by atoms with Gasteiger partial charge < -0.3 is 4.74 Å². The molecule has 0 aliphatic rings. The van der Waals surface area contributed by atoms with E-state index in [0.29, 0.717) is 10.6 Å². The summed E-state index contributed by atoms with van der Waals surface area (Å²) in [5.74, 6) is -0.945. The van der Waals surface area contributed by atoms with E-state index < -0.39 is 5.97 Å². The van der Waals surface area contributed by atoms with Crippen LogP contribution in [0.2, 0.25) is 5.02 Å². The summed E-state index contributed by atoms with van der Waals surface area (Å²) in [6, 6.07) is 14.1. The molecule has 0 saturated carbocycles. The van der Waals surface area contributed by atoms with Crippen LogP contribution in [0, 0.1) is 6.92 Å². The molecule has 6 heteroatoms. The third kappa shape index (κ3) is 3.68. The number of rotatable bonds is 5. The van der Waals surface area contributed by atoms with Gasteiger partial charge in [-0.3, -0.25) is 4.79 Å².